The first kappa shape index (κ1) is 21.2. The molecule has 0 aliphatic carbocycles. The van der Waals surface area contributed by atoms with Crippen molar-refractivity contribution in [2.24, 2.45) is 0 Å². The van der Waals surface area contributed by atoms with E-state index in [2.05, 4.69) is 31.2 Å². The van der Waals surface area contributed by atoms with Crippen molar-refractivity contribution in [2.45, 2.75) is 0 Å². The number of carbonyl (C=O) groups excluding carboxylic acids is 1. The molecule has 1 amide bonds. The van der Waals surface area contributed by atoms with E-state index >= 15 is 0 Å². The van der Waals surface area contributed by atoms with E-state index < -0.39 is 16.5 Å². The summed E-state index contributed by atoms with van der Waals surface area (Å²) in [7, 11) is 0. The predicted molar refractivity (Wildman–Crippen MR) is 123 cm³/mol. The Morgan fingerprint density at radius 2 is 1.42 bits per heavy atom. The van der Waals surface area contributed by atoms with Gasteiger partial charge in [0.05, 0.1) is 16.3 Å². The second-order valence-corrected chi connectivity index (χ2v) is 6.61. The molecule has 0 radical (unpaired) electrons. The summed E-state index contributed by atoms with van der Waals surface area (Å²) in [4.78, 5) is 35.4. The molecule has 2 aromatic carbocycles. The van der Waals surface area contributed by atoms with E-state index in [0.717, 1.165) is 17.7 Å². The number of para-hydroxylation sites is 2. The summed E-state index contributed by atoms with van der Waals surface area (Å²) < 4.78 is 0. The van der Waals surface area contributed by atoms with Crippen LogP contribution in [0.15, 0.2) is 91.5 Å². The summed E-state index contributed by atoms with van der Waals surface area (Å²) in [6.45, 7) is 0. The van der Waals surface area contributed by atoms with Crippen LogP contribution in [-0.4, -0.2) is 25.8 Å². The van der Waals surface area contributed by atoms with Gasteiger partial charge in [0.15, 0.2) is 0 Å². The lowest BCUT2D eigenvalue weighted by molar-refractivity contribution is -0.383. The monoisotopic (exact) mass is 442 g/mol. The number of nitro groups is 1. The van der Waals surface area contributed by atoms with Gasteiger partial charge in [0.25, 0.3) is 5.91 Å². The number of anilines is 4. The van der Waals surface area contributed by atoms with Crippen molar-refractivity contribution < 1.29 is 9.72 Å². The molecule has 33 heavy (non-hydrogen) atoms. The molecule has 0 aliphatic rings. The van der Waals surface area contributed by atoms with Gasteiger partial charge in [-0.1, -0.05) is 36.4 Å². The molecule has 0 spiro atoms. The third-order valence-electron chi connectivity index (χ3n) is 4.49. The number of benzene rings is 2. The van der Waals surface area contributed by atoms with Gasteiger partial charge in [0, 0.05) is 18.0 Å². The zero-order valence-corrected chi connectivity index (χ0v) is 17.1. The van der Waals surface area contributed by atoms with Gasteiger partial charge in [-0.15, -0.1) is 0 Å². The van der Waals surface area contributed by atoms with Crippen molar-refractivity contribution in [3.05, 3.63) is 107 Å². The summed E-state index contributed by atoms with van der Waals surface area (Å²) in [5.41, 5.74) is 9.27. The standard InChI is InChI=1S/C22H18N8O3/c31-22(16-11-13-23-14-12-16)27-26-20-19(30(32)33)21(25-15-24-20)28-29(17-7-3-1-4-8-17)18-9-5-2-6-10-18/h1-15H,(H,27,31)(H2,24,25,26,28). The lowest BCUT2D eigenvalue weighted by Gasteiger charge is -2.26. The lowest BCUT2D eigenvalue weighted by Crippen LogP contribution is -2.31. The van der Waals surface area contributed by atoms with Crippen molar-refractivity contribution in [3.8, 4) is 0 Å². The Bertz CT molecular complexity index is 1200. The maximum Gasteiger partial charge on any atom is 0.356 e. The Morgan fingerprint density at radius 3 is 2.00 bits per heavy atom. The van der Waals surface area contributed by atoms with E-state index in [-0.39, 0.29) is 11.6 Å². The van der Waals surface area contributed by atoms with Crippen molar-refractivity contribution in [2.75, 3.05) is 15.9 Å². The average Bonchev–Trinajstić information content (AvgIpc) is 2.87. The molecule has 11 nitrogen and oxygen atoms in total. The van der Waals surface area contributed by atoms with Crippen LogP contribution in [0, 0.1) is 10.1 Å². The molecule has 11 heteroatoms. The fraction of sp³-hybridized carbons (Fsp3) is 0. The number of rotatable bonds is 8. The summed E-state index contributed by atoms with van der Waals surface area (Å²) >= 11 is 0. The fourth-order valence-electron chi connectivity index (χ4n) is 2.95. The first-order chi connectivity index (χ1) is 16.1. The predicted octanol–water partition coefficient (Wildman–Crippen LogP) is 3.70. The minimum Gasteiger partial charge on any atom is -0.276 e. The molecule has 4 aromatic rings. The highest BCUT2D eigenvalue weighted by Gasteiger charge is 2.25. The molecule has 0 bridgehead atoms. The minimum atomic E-state index is -0.628. The minimum absolute atomic E-state index is 0.0663. The Hall–Kier alpha value is -5.06. The van der Waals surface area contributed by atoms with Gasteiger partial charge in [0.1, 0.15) is 6.33 Å². The van der Waals surface area contributed by atoms with Gasteiger partial charge in [-0.25, -0.2) is 9.97 Å². The van der Waals surface area contributed by atoms with Gasteiger partial charge >= 0.3 is 5.69 Å². The summed E-state index contributed by atoms with van der Waals surface area (Å²) in [5, 5.41) is 13.6. The highest BCUT2D eigenvalue weighted by Crippen LogP contribution is 2.32. The van der Waals surface area contributed by atoms with E-state index in [1.165, 1.54) is 24.5 Å². The number of hydrogen-bond acceptors (Lipinski definition) is 9. The molecule has 0 saturated carbocycles. The molecular weight excluding hydrogens is 424 g/mol. The number of hydrogen-bond donors (Lipinski definition) is 3. The van der Waals surface area contributed by atoms with Crippen LogP contribution in [-0.2, 0) is 0 Å². The van der Waals surface area contributed by atoms with Crippen LogP contribution in [0.5, 0.6) is 0 Å². The zero-order chi connectivity index (χ0) is 23.0. The largest absolute Gasteiger partial charge is 0.356 e. The SMILES string of the molecule is O=C(NNc1ncnc(NN(c2ccccc2)c2ccccc2)c1[N+](=O)[O-])c1ccncc1. The van der Waals surface area contributed by atoms with Crippen molar-refractivity contribution in [3.63, 3.8) is 0 Å². The van der Waals surface area contributed by atoms with Gasteiger partial charge in [-0.2, -0.15) is 0 Å². The van der Waals surface area contributed by atoms with Crippen molar-refractivity contribution in [1.82, 2.24) is 20.4 Å². The quantitative estimate of drug-likeness (QED) is 0.275. The van der Waals surface area contributed by atoms with Crippen LogP contribution in [0.25, 0.3) is 0 Å². The molecule has 0 fully saturated rings. The van der Waals surface area contributed by atoms with E-state index in [4.69, 9.17) is 0 Å². The van der Waals surface area contributed by atoms with Crippen LogP contribution < -0.4 is 21.3 Å². The maximum atomic E-state index is 12.3. The first-order valence-electron chi connectivity index (χ1n) is 9.76. The van der Waals surface area contributed by atoms with Crippen LogP contribution in [0.3, 0.4) is 0 Å². The fourth-order valence-corrected chi connectivity index (χ4v) is 2.95. The number of nitrogens with zero attached hydrogens (tertiary/aromatic N) is 5. The third-order valence-corrected chi connectivity index (χ3v) is 4.49. The van der Waals surface area contributed by atoms with Gasteiger partial charge in [-0.3, -0.25) is 41.2 Å². The highest BCUT2D eigenvalue weighted by molar-refractivity contribution is 5.94. The van der Waals surface area contributed by atoms with E-state index in [1.54, 1.807) is 5.01 Å². The number of amides is 1. The van der Waals surface area contributed by atoms with Gasteiger partial charge in [0.2, 0.25) is 11.6 Å². The smallest absolute Gasteiger partial charge is 0.276 e. The molecule has 0 atom stereocenters. The van der Waals surface area contributed by atoms with Crippen molar-refractivity contribution in [1.29, 1.82) is 0 Å². The number of nitrogens with one attached hydrogen (secondary N) is 3. The molecule has 2 aromatic heterocycles. The highest BCUT2D eigenvalue weighted by atomic mass is 16.6. The van der Waals surface area contributed by atoms with E-state index in [1.807, 2.05) is 60.7 Å². The number of carbonyl (C=O) groups is 1. The van der Waals surface area contributed by atoms with Gasteiger partial charge in [-0.05, 0) is 36.4 Å². The number of pyridine rings is 1. The van der Waals surface area contributed by atoms with Gasteiger partial charge < -0.3 is 0 Å². The maximum absolute atomic E-state index is 12.3. The Kier molecular flexibility index (Phi) is 6.31. The number of aromatic nitrogens is 3. The molecule has 0 unspecified atom stereocenters. The molecule has 0 aliphatic heterocycles. The third kappa shape index (κ3) is 4.99. The second kappa shape index (κ2) is 9.83. The zero-order valence-electron chi connectivity index (χ0n) is 17.1. The number of hydrazine groups is 2. The molecule has 3 N–H and O–H groups in total. The topological polar surface area (TPSA) is 138 Å². The molecule has 164 valence electrons. The molecule has 4 rings (SSSR count). The lowest BCUT2D eigenvalue weighted by atomic mass is 10.2. The second-order valence-electron chi connectivity index (χ2n) is 6.61. The summed E-state index contributed by atoms with van der Waals surface area (Å²) in [5.74, 6) is -0.751. The Balaban J connectivity index is 1.64. The Labute approximate surface area is 188 Å². The van der Waals surface area contributed by atoms with Crippen LogP contribution >= 0.6 is 0 Å². The summed E-state index contributed by atoms with van der Waals surface area (Å²) in [6.07, 6.45) is 4.09. The van der Waals surface area contributed by atoms with E-state index in [0.29, 0.717) is 5.56 Å². The van der Waals surface area contributed by atoms with Crippen LogP contribution in [0.1, 0.15) is 10.4 Å². The Morgan fingerprint density at radius 1 is 0.848 bits per heavy atom. The molecule has 0 saturated heterocycles. The van der Waals surface area contributed by atoms with Crippen LogP contribution in [0.2, 0.25) is 0 Å². The molecular formula is C22H18N8O3. The van der Waals surface area contributed by atoms with E-state index in [9.17, 15) is 14.9 Å². The first-order valence-corrected chi connectivity index (χ1v) is 9.76. The normalized spacial score (nSPS) is 10.2. The summed E-state index contributed by atoms with van der Waals surface area (Å²) in [6, 6.07) is 21.6. The van der Waals surface area contributed by atoms with Crippen LogP contribution in [0.4, 0.5) is 28.7 Å². The molecule has 2 heterocycles. The average molecular weight is 442 g/mol. The van der Waals surface area contributed by atoms with Crippen molar-refractivity contribution >= 4 is 34.6 Å².